The molecule has 1 saturated carbocycles. The van der Waals surface area contributed by atoms with Crippen molar-refractivity contribution in [2.75, 3.05) is 0 Å². The molecule has 2 aliphatic rings. The molecule has 2 aliphatic carbocycles. The number of benzene rings is 8. The fourth-order valence-electron chi connectivity index (χ4n) is 10.4. The summed E-state index contributed by atoms with van der Waals surface area (Å²) in [6, 6.07) is 55.7. The van der Waals surface area contributed by atoms with E-state index in [0.29, 0.717) is 0 Å². The number of rotatable bonds is 2. The van der Waals surface area contributed by atoms with Gasteiger partial charge in [-0.25, -0.2) is 9.97 Å². The lowest BCUT2D eigenvalue weighted by molar-refractivity contribution is 0.354. The summed E-state index contributed by atoms with van der Waals surface area (Å²) in [5.41, 5.74) is 11.1. The second-order valence-corrected chi connectivity index (χ2v) is 15.1. The van der Waals surface area contributed by atoms with E-state index in [1.54, 1.807) is 0 Å². The highest BCUT2D eigenvalue weighted by Gasteiger charge is 2.47. The van der Waals surface area contributed by atoms with E-state index in [4.69, 9.17) is 9.97 Å². The van der Waals surface area contributed by atoms with Crippen LogP contribution in [-0.2, 0) is 5.41 Å². The molecule has 0 radical (unpaired) electrons. The molecule has 2 heterocycles. The zero-order chi connectivity index (χ0) is 34.7. The van der Waals surface area contributed by atoms with Gasteiger partial charge in [-0.2, -0.15) is 0 Å². The van der Waals surface area contributed by atoms with Gasteiger partial charge in [-0.15, -0.1) is 0 Å². The van der Waals surface area contributed by atoms with Gasteiger partial charge < -0.3 is 0 Å². The van der Waals surface area contributed by atoms with Crippen molar-refractivity contribution >= 4 is 65.0 Å². The van der Waals surface area contributed by atoms with Crippen molar-refractivity contribution in [3.05, 3.63) is 163 Å². The molecule has 3 heteroatoms. The van der Waals surface area contributed by atoms with Crippen LogP contribution in [0.3, 0.4) is 0 Å². The standard InChI is InChI=1S/C50H35N3/c1-12-29-50(30-13-1)41-25-10-8-22-38(41)43-35-20-6-7-21-36(35)44-40-28-27-32-16-3-5-19-34(32)47(40)53(48(44)45(43)50)49-51-42-26-11-9-23-39(42)46(52-49)37-24-14-17-31-15-2-4-18-33(31)37/h2-11,14-28H,1,12-13,29-30H2. The zero-order valence-corrected chi connectivity index (χ0v) is 29.3. The Hall–Kier alpha value is -6.32. The monoisotopic (exact) mass is 677 g/mol. The molecule has 1 fully saturated rings. The van der Waals surface area contributed by atoms with Crippen LogP contribution in [-0.4, -0.2) is 14.5 Å². The molecule has 2 aromatic heterocycles. The predicted octanol–water partition coefficient (Wildman–Crippen LogP) is 13.1. The molecule has 1 spiro atoms. The third-order valence-corrected chi connectivity index (χ3v) is 12.5. The first-order valence-corrected chi connectivity index (χ1v) is 19.1. The summed E-state index contributed by atoms with van der Waals surface area (Å²) in [5, 5.41) is 11.1. The number of fused-ring (bicyclic) bond motifs is 16. The summed E-state index contributed by atoms with van der Waals surface area (Å²) in [7, 11) is 0. The van der Waals surface area contributed by atoms with Crippen LogP contribution in [0.2, 0.25) is 0 Å². The fraction of sp³-hybridized carbons (Fsp3) is 0.120. The van der Waals surface area contributed by atoms with E-state index < -0.39 is 0 Å². The van der Waals surface area contributed by atoms with Gasteiger partial charge in [-0.3, -0.25) is 4.57 Å². The van der Waals surface area contributed by atoms with Crippen LogP contribution in [0, 0.1) is 0 Å². The fourth-order valence-corrected chi connectivity index (χ4v) is 10.4. The van der Waals surface area contributed by atoms with E-state index in [1.165, 1.54) is 95.6 Å². The highest BCUT2D eigenvalue weighted by atomic mass is 15.2. The van der Waals surface area contributed by atoms with E-state index in [9.17, 15) is 0 Å². The Balaban J connectivity index is 1.34. The quantitative estimate of drug-likeness (QED) is 0.182. The first-order chi connectivity index (χ1) is 26.3. The summed E-state index contributed by atoms with van der Waals surface area (Å²) in [5.74, 6) is 0.724. The van der Waals surface area contributed by atoms with Crippen LogP contribution in [0.5, 0.6) is 0 Å². The van der Waals surface area contributed by atoms with E-state index in [2.05, 4.69) is 156 Å². The molecule has 12 rings (SSSR count). The SMILES string of the molecule is c1ccc2c(c1)-c1c(c3c(c4ccccc14)c1ccc4ccccc4c1n3-c1nc(-c3cccc4ccccc34)c3ccccc3n1)C21CCCCC1. The molecule has 0 bridgehead atoms. The van der Waals surface area contributed by atoms with Crippen LogP contribution in [0.4, 0.5) is 0 Å². The highest BCUT2D eigenvalue weighted by molar-refractivity contribution is 6.30. The van der Waals surface area contributed by atoms with Crippen LogP contribution < -0.4 is 0 Å². The Morgan fingerprint density at radius 2 is 1.09 bits per heavy atom. The van der Waals surface area contributed by atoms with Crippen molar-refractivity contribution in [3.63, 3.8) is 0 Å². The molecule has 0 saturated heterocycles. The van der Waals surface area contributed by atoms with E-state index in [-0.39, 0.29) is 5.41 Å². The van der Waals surface area contributed by atoms with Gasteiger partial charge in [0.05, 0.1) is 22.2 Å². The van der Waals surface area contributed by atoms with Crippen LogP contribution in [0.1, 0.15) is 43.2 Å². The summed E-state index contributed by atoms with van der Waals surface area (Å²) in [6.45, 7) is 0. The van der Waals surface area contributed by atoms with Crippen molar-refractivity contribution < 1.29 is 0 Å². The third-order valence-electron chi connectivity index (χ3n) is 12.5. The first-order valence-electron chi connectivity index (χ1n) is 19.1. The van der Waals surface area contributed by atoms with Gasteiger partial charge in [0, 0.05) is 32.5 Å². The molecule has 250 valence electrons. The van der Waals surface area contributed by atoms with Crippen LogP contribution in [0.25, 0.3) is 93.4 Å². The second-order valence-electron chi connectivity index (χ2n) is 15.1. The Bertz CT molecular complexity index is 3160. The minimum absolute atomic E-state index is 0.0797. The topological polar surface area (TPSA) is 30.7 Å². The number of nitrogens with zero attached hydrogens (tertiary/aromatic N) is 3. The Labute approximate surface area is 307 Å². The molecule has 53 heavy (non-hydrogen) atoms. The van der Waals surface area contributed by atoms with Crippen molar-refractivity contribution in [1.29, 1.82) is 0 Å². The van der Waals surface area contributed by atoms with E-state index in [0.717, 1.165) is 41.0 Å². The van der Waals surface area contributed by atoms with Crippen molar-refractivity contribution in [3.8, 4) is 28.3 Å². The van der Waals surface area contributed by atoms with Gasteiger partial charge in [0.15, 0.2) is 0 Å². The lowest BCUT2D eigenvalue weighted by Crippen LogP contribution is -2.28. The third kappa shape index (κ3) is 3.89. The van der Waals surface area contributed by atoms with Crippen LogP contribution >= 0.6 is 0 Å². The molecule has 0 amide bonds. The molecular formula is C50H35N3. The Morgan fingerprint density at radius 1 is 0.453 bits per heavy atom. The molecular weight excluding hydrogens is 643 g/mol. The van der Waals surface area contributed by atoms with Gasteiger partial charge in [0.25, 0.3) is 0 Å². The summed E-state index contributed by atoms with van der Waals surface area (Å²) < 4.78 is 2.49. The molecule has 0 atom stereocenters. The average Bonchev–Trinajstić information content (AvgIpc) is 3.72. The maximum Gasteiger partial charge on any atom is 0.235 e. The summed E-state index contributed by atoms with van der Waals surface area (Å²) in [6.07, 6.45) is 6.02. The largest absolute Gasteiger partial charge is 0.277 e. The highest BCUT2D eigenvalue weighted by Crippen LogP contribution is 2.61. The normalized spacial score (nSPS) is 14.9. The minimum atomic E-state index is -0.0797. The molecule has 3 nitrogen and oxygen atoms in total. The number of para-hydroxylation sites is 1. The first kappa shape index (κ1) is 29.3. The Kier molecular flexibility index (Phi) is 5.99. The van der Waals surface area contributed by atoms with Gasteiger partial charge in [-0.1, -0.05) is 165 Å². The minimum Gasteiger partial charge on any atom is -0.277 e. The molecule has 10 aromatic rings. The Morgan fingerprint density at radius 3 is 1.94 bits per heavy atom. The second kappa shape index (κ2) is 10.8. The molecule has 0 unspecified atom stereocenters. The number of hydrogen-bond donors (Lipinski definition) is 0. The van der Waals surface area contributed by atoms with Crippen LogP contribution in [0.15, 0.2) is 152 Å². The zero-order valence-electron chi connectivity index (χ0n) is 29.3. The van der Waals surface area contributed by atoms with Crippen molar-refractivity contribution in [1.82, 2.24) is 14.5 Å². The smallest absolute Gasteiger partial charge is 0.235 e. The van der Waals surface area contributed by atoms with E-state index in [1.807, 2.05) is 0 Å². The predicted molar refractivity (Wildman–Crippen MR) is 221 cm³/mol. The molecule has 8 aromatic carbocycles. The summed E-state index contributed by atoms with van der Waals surface area (Å²) in [4.78, 5) is 11.2. The lowest BCUT2D eigenvalue weighted by Gasteiger charge is -2.36. The number of aromatic nitrogens is 3. The van der Waals surface area contributed by atoms with Crippen molar-refractivity contribution in [2.24, 2.45) is 0 Å². The average molecular weight is 678 g/mol. The van der Waals surface area contributed by atoms with Gasteiger partial charge in [-0.05, 0) is 68.1 Å². The van der Waals surface area contributed by atoms with Gasteiger partial charge in [0.1, 0.15) is 0 Å². The lowest BCUT2D eigenvalue weighted by atomic mass is 9.67. The maximum absolute atomic E-state index is 5.71. The molecule has 0 N–H and O–H groups in total. The summed E-state index contributed by atoms with van der Waals surface area (Å²) >= 11 is 0. The molecule has 0 aliphatic heterocycles. The van der Waals surface area contributed by atoms with Gasteiger partial charge in [0.2, 0.25) is 5.95 Å². The van der Waals surface area contributed by atoms with E-state index >= 15 is 0 Å². The van der Waals surface area contributed by atoms with Crippen molar-refractivity contribution in [2.45, 2.75) is 37.5 Å². The number of hydrogen-bond acceptors (Lipinski definition) is 2. The maximum atomic E-state index is 5.71. The van der Waals surface area contributed by atoms with Gasteiger partial charge >= 0.3 is 0 Å².